The fourth-order valence-corrected chi connectivity index (χ4v) is 6.81. The topological polar surface area (TPSA) is 37.3 Å². The molecule has 0 aromatic rings. The van der Waals surface area contributed by atoms with E-state index < -0.39 is 5.60 Å². The van der Waals surface area contributed by atoms with Crippen molar-refractivity contribution < 1.29 is 9.90 Å². The zero-order valence-corrected chi connectivity index (χ0v) is 14.4. The summed E-state index contributed by atoms with van der Waals surface area (Å²) in [4.78, 5) is 11.8. The van der Waals surface area contributed by atoms with Gasteiger partial charge in [-0.05, 0) is 74.2 Å². The second-order valence-corrected chi connectivity index (χ2v) is 8.97. The molecule has 4 rings (SSSR count). The zero-order chi connectivity index (χ0) is 16.5. The number of ketones is 1. The Hall–Kier alpha value is -1.07. The number of hydrogen-bond donors (Lipinski definition) is 1. The van der Waals surface area contributed by atoms with Crippen molar-refractivity contribution in [2.45, 2.75) is 70.8 Å². The molecule has 0 amide bonds. The maximum Gasteiger partial charge on any atom is 0.155 e. The molecule has 124 valence electrons. The first-order valence-corrected chi connectivity index (χ1v) is 9.28. The summed E-state index contributed by atoms with van der Waals surface area (Å²) in [6.07, 6.45) is 15.6. The molecule has 6 atom stereocenters. The molecule has 2 nitrogen and oxygen atoms in total. The van der Waals surface area contributed by atoms with Gasteiger partial charge >= 0.3 is 0 Å². The molecule has 3 fully saturated rings. The highest BCUT2D eigenvalue weighted by atomic mass is 16.3. The van der Waals surface area contributed by atoms with Crippen LogP contribution in [0.1, 0.15) is 65.2 Å². The Morgan fingerprint density at radius 2 is 1.87 bits per heavy atom. The van der Waals surface area contributed by atoms with Crippen molar-refractivity contribution in [3.63, 3.8) is 0 Å². The Balaban J connectivity index is 1.70. The van der Waals surface area contributed by atoms with E-state index in [2.05, 4.69) is 19.8 Å². The molecule has 0 aromatic heterocycles. The fraction of sp³-hybridized carbons (Fsp3) is 0.762. The number of fused-ring (bicyclic) bond motifs is 5. The van der Waals surface area contributed by atoms with Crippen molar-refractivity contribution in [1.29, 1.82) is 0 Å². The minimum atomic E-state index is -0.914. The summed E-state index contributed by atoms with van der Waals surface area (Å²) >= 11 is 0. The van der Waals surface area contributed by atoms with Gasteiger partial charge in [0.05, 0.1) is 0 Å². The lowest BCUT2D eigenvalue weighted by Gasteiger charge is -2.58. The average Bonchev–Trinajstić information content (AvgIpc) is 2.80. The molecule has 0 heterocycles. The molecular formula is C21H28O2. The number of hydrogen-bond acceptors (Lipinski definition) is 2. The molecule has 0 bridgehead atoms. The molecule has 0 radical (unpaired) electrons. The Bertz CT molecular complexity index is 626. The largest absolute Gasteiger partial charge is 0.377 e. The van der Waals surface area contributed by atoms with Crippen LogP contribution in [0.2, 0.25) is 0 Å². The van der Waals surface area contributed by atoms with E-state index in [1.54, 1.807) is 0 Å². The predicted octanol–water partition coefficient (Wildman–Crippen LogP) is 3.88. The number of carbonyl (C=O) groups excluding carboxylic acids is 1. The number of aliphatic hydroxyl groups is 1. The smallest absolute Gasteiger partial charge is 0.155 e. The van der Waals surface area contributed by atoms with Gasteiger partial charge in [0, 0.05) is 11.8 Å². The molecule has 3 saturated carbocycles. The van der Waals surface area contributed by atoms with Crippen molar-refractivity contribution in [3.05, 3.63) is 11.6 Å². The van der Waals surface area contributed by atoms with Crippen LogP contribution in [0, 0.1) is 40.9 Å². The van der Waals surface area contributed by atoms with E-state index in [4.69, 9.17) is 6.42 Å². The lowest BCUT2D eigenvalue weighted by Crippen LogP contribution is -2.54. The second kappa shape index (κ2) is 4.73. The Labute approximate surface area is 139 Å². The molecule has 0 aromatic carbocycles. The number of allylic oxidation sites excluding steroid dienone is 1. The first-order chi connectivity index (χ1) is 10.8. The van der Waals surface area contributed by atoms with Crippen LogP contribution in [0.4, 0.5) is 0 Å². The van der Waals surface area contributed by atoms with Crippen LogP contribution in [0.5, 0.6) is 0 Å². The van der Waals surface area contributed by atoms with Crippen LogP contribution in [0.3, 0.4) is 0 Å². The Kier molecular flexibility index (Phi) is 3.18. The highest BCUT2D eigenvalue weighted by Crippen LogP contribution is 2.67. The van der Waals surface area contributed by atoms with Gasteiger partial charge in [-0.3, -0.25) is 4.79 Å². The van der Waals surface area contributed by atoms with E-state index in [1.165, 1.54) is 12.0 Å². The van der Waals surface area contributed by atoms with E-state index >= 15 is 0 Å². The predicted molar refractivity (Wildman–Crippen MR) is 90.5 cm³/mol. The number of carbonyl (C=O) groups is 1. The summed E-state index contributed by atoms with van der Waals surface area (Å²) in [5, 5.41) is 11.0. The van der Waals surface area contributed by atoms with Gasteiger partial charge in [0.25, 0.3) is 0 Å². The Morgan fingerprint density at radius 3 is 2.61 bits per heavy atom. The minimum absolute atomic E-state index is 0.120. The van der Waals surface area contributed by atoms with Crippen molar-refractivity contribution >= 4 is 5.78 Å². The fourth-order valence-electron chi connectivity index (χ4n) is 6.81. The molecular weight excluding hydrogens is 284 g/mol. The summed E-state index contributed by atoms with van der Waals surface area (Å²) in [5.74, 6) is 4.93. The van der Waals surface area contributed by atoms with Gasteiger partial charge in [-0.2, -0.15) is 0 Å². The minimum Gasteiger partial charge on any atom is -0.377 e. The van der Waals surface area contributed by atoms with Gasteiger partial charge in [0.1, 0.15) is 5.60 Å². The summed E-state index contributed by atoms with van der Waals surface area (Å²) in [5.41, 5.74) is 0.575. The van der Waals surface area contributed by atoms with Crippen molar-refractivity contribution in [1.82, 2.24) is 0 Å². The van der Waals surface area contributed by atoms with Crippen LogP contribution >= 0.6 is 0 Å². The van der Waals surface area contributed by atoms with E-state index in [9.17, 15) is 9.90 Å². The molecule has 0 unspecified atom stereocenters. The highest BCUT2D eigenvalue weighted by molar-refractivity contribution is 5.91. The van der Waals surface area contributed by atoms with E-state index in [0.717, 1.165) is 38.5 Å². The number of rotatable bonds is 0. The summed E-state index contributed by atoms with van der Waals surface area (Å²) in [6, 6.07) is 0. The van der Waals surface area contributed by atoms with Crippen molar-refractivity contribution in [3.8, 4) is 12.3 Å². The third-order valence-corrected chi connectivity index (χ3v) is 8.35. The molecule has 0 spiro atoms. The molecule has 2 heteroatoms. The van der Waals surface area contributed by atoms with Crippen LogP contribution in [0.25, 0.3) is 0 Å². The lowest BCUT2D eigenvalue weighted by atomic mass is 9.46. The third-order valence-electron chi connectivity index (χ3n) is 8.35. The van der Waals surface area contributed by atoms with Gasteiger partial charge in [-0.25, -0.2) is 0 Å². The monoisotopic (exact) mass is 312 g/mol. The Morgan fingerprint density at radius 1 is 1.13 bits per heavy atom. The SMILES string of the molecule is C#C[C@]1(O)CC[C@@H]2[C@@H]3CCC4=CC(=O)CC[C@]4(C)[C@@H]3CC[C@]21C. The molecule has 0 aliphatic heterocycles. The van der Waals surface area contributed by atoms with Gasteiger partial charge in [-0.15, -0.1) is 6.42 Å². The lowest BCUT2D eigenvalue weighted by molar-refractivity contribution is -0.119. The first kappa shape index (κ1) is 15.5. The summed E-state index contributed by atoms with van der Waals surface area (Å²) < 4.78 is 0. The molecule has 1 N–H and O–H groups in total. The normalized spacial score (nSPS) is 52.0. The van der Waals surface area contributed by atoms with Crippen molar-refractivity contribution in [2.75, 3.05) is 0 Å². The third kappa shape index (κ3) is 1.84. The zero-order valence-electron chi connectivity index (χ0n) is 14.4. The maximum absolute atomic E-state index is 11.8. The van der Waals surface area contributed by atoms with Crippen LogP contribution in [-0.4, -0.2) is 16.5 Å². The van der Waals surface area contributed by atoms with Crippen molar-refractivity contribution in [2.24, 2.45) is 28.6 Å². The number of terminal acetylenes is 1. The van der Waals surface area contributed by atoms with Crippen LogP contribution < -0.4 is 0 Å². The van der Waals surface area contributed by atoms with Crippen LogP contribution in [0.15, 0.2) is 11.6 Å². The quantitative estimate of drug-likeness (QED) is 0.689. The summed E-state index contributed by atoms with van der Waals surface area (Å²) in [7, 11) is 0. The molecule has 4 aliphatic carbocycles. The van der Waals surface area contributed by atoms with Crippen LogP contribution in [-0.2, 0) is 4.79 Å². The van der Waals surface area contributed by atoms with Gasteiger partial charge in [-0.1, -0.05) is 25.3 Å². The van der Waals surface area contributed by atoms with Gasteiger partial charge < -0.3 is 5.11 Å². The van der Waals surface area contributed by atoms with E-state index in [1.807, 2.05) is 6.08 Å². The van der Waals surface area contributed by atoms with Gasteiger partial charge in [0.15, 0.2) is 5.78 Å². The van der Waals surface area contributed by atoms with E-state index in [-0.39, 0.29) is 10.8 Å². The molecule has 4 aliphatic rings. The summed E-state index contributed by atoms with van der Waals surface area (Å²) in [6.45, 7) is 4.63. The van der Waals surface area contributed by atoms with Gasteiger partial charge in [0.2, 0.25) is 0 Å². The first-order valence-electron chi connectivity index (χ1n) is 9.28. The molecule has 23 heavy (non-hydrogen) atoms. The average molecular weight is 312 g/mol. The second-order valence-electron chi connectivity index (χ2n) is 8.97. The van der Waals surface area contributed by atoms with E-state index in [0.29, 0.717) is 30.0 Å². The standard InChI is InChI=1S/C21H28O2/c1-4-21(23)12-9-18-16-6-5-14-13-15(22)7-10-19(14,2)17(16)8-11-20(18,21)3/h1,13,16-18,23H,5-12H2,2-3H3/t16-,17-,18-,19+,20-,21+/m1/s1. The molecule has 0 saturated heterocycles. The highest BCUT2D eigenvalue weighted by Gasteiger charge is 2.63. The maximum atomic E-state index is 11.8.